The molecule has 0 spiro atoms. The highest BCUT2D eigenvalue weighted by atomic mass is 16.5. The third-order valence-electron chi connectivity index (χ3n) is 6.96. The van der Waals surface area contributed by atoms with Crippen LogP contribution in [0.3, 0.4) is 0 Å². The van der Waals surface area contributed by atoms with E-state index in [1.54, 1.807) is 38.3 Å². The first kappa shape index (κ1) is 31.9. The summed E-state index contributed by atoms with van der Waals surface area (Å²) in [5.74, 6) is -0.202. The minimum absolute atomic E-state index is 0.0722. The van der Waals surface area contributed by atoms with Gasteiger partial charge in [-0.2, -0.15) is 5.10 Å². The van der Waals surface area contributed by atoms with E-state index in [0.717, 1.165) is 22.2 Å². The lowest BCUT2D eigenvalue weighted by Gasteiger charge is -2.28. The number of esters is 2. The van der Waals surface area contributed by atoms with Crippen LogP contribution in [0.1, 0.15) is 43.6 Å². The predicted molar refractivity (Wildman–Crippen MR) is 162 cm³/mol. The lowest BCUT2D eigenvalue weighted by atomic mass is 9.95. The number of amides is 2. The lowest BCUT2D eigenvalue weighted by molar-refractivity contribution is -0.143. The van der Waals surface area contributed by atoms with Crippen molar-refractivity contribution in [3.63, 3.8) is 0 Å². The van der Waals surface area contributed by atoms with Crippen molar-refractivity contribution in [3.8, 4) is 11.5 Å². The third-order valence-corrected chi connectivity index (χ3v) is 6.96. The van der Waals surface area contributed by atoms with E-state index in [9.17, 15) is 19.5 Å². The molecule has 0 fully saturated rings. The van der Waals surface area contributed by atoms with Crippen LogP contribution < -0.4 is 25.5 Å². The first-order valence-corrected chi connectivity index (χ1v) is 14.1. The lowest BCUT2D eigenvalue weighted by Crippen LogP contribution is -2.45. The van der Waals surface area contributed by atoms with Gasteiger partial charge in [0.15, 0.2) is 17.7 Å². The number of hydrazone groups is 1. The monoisotopic (exact) mass is 607 g/mol. The molecule has 3 aromatic rings. The van der Waals surface area contributed by atoms with E-state index in [4.69, 9.17) is 18.9 Å². The van der Waals surface area contributed by atoms with Crippen LogP contribution in [0, 0.1) is 6.92 Å². The summed E-state index contributed by atoms with van der Waals surface area (Å²) >= 11 is 0. The number of hydrogen-bond acceptors (Lipinski definition) is 10. The van der Waals surface area contributed by atoms with Gasteiger partial charge in [-0.3, -0.25) is 10.2 Å². The van der Waals surface area contributed by atoms with Crippen molar-refractivity contribution in [1.82, 2.24) is 20.6 Å². The van der Waals surface area contributed by atoms with Crippen molar-refractivity contribution >= 4 is 35.1 Å². The van der Waals surface area contributed by atoms with Crippen LogP contribution in [0.4, 0.5) is 4.79 Å². The Balaban J connectivity index is 1.46. The molecule has 44 heavy (non-hydrogen) atoms. The zero-order valence-electron chi connectivity index (χ0n) is 25.3. The van der Waals surface area contributed by atoms with Crippen LogP contribution in [0.5, 0.6) is 11.5 Å². The molecular weight excluding hydrogens is 570 g/mol. The van der Waals surface area contributed by atoms with E-state index >= 15 is 0 Å². The van der Waals surface area contributed by atoms with Gasteiger partial charge in [0, 0.05) is 27.9 Å². The molecule has 1 aliphatic rings. The first-order valence-electron chi connectivity index (χ1n) is 14.1. The first-order chi connectivity index (χ1) is 21.2. The van der Waals surface area contributed by atoms with E-state index in [0.29, 0.717) is 36.0 Å². The van der Waals surface area contributed by atoms with Gasteiger partial charge in [-0.05, 0) is 51.5 Å². The number of aliphatic hydroxyl groups is 1. The normalized spacial score (nSPS) is 15.5. The van der Waals surface area contributed by atoms with Crippen LogP contribution in [0.25, 0.3) is 10.9 Å². The van der Waals surface area contributed by atoms with Crippen molar-refractivity contribution in [3.05, 3.63) is 70.6 Å². The van der Waals surface area contributed by atoms with Gasteiger partial charge < -0.3 is 39.3 Å². The molecule has 0 aliphatic carbocycles. The number of benzene rings is 2. The highest BCUT2D eigenvalue weighted by molar-refractivity contribution is 6.01. The van der Waals surface area contributed by atoms with Crippen LogP contribution in [0.2, 0.25) is 0 Å². The van der Waals surface area contributed by atoms with E-state index in [2.05, 4.69) is 21.2 Å². The molecule has 2 heterocycles. The van der Waals surface area contributed by atoms with Gasteiger partial charge in [0.25, 0.3) is 0 Å². The molecule has 234 valence electrons. The number of urea groups is 1. The summed E-state index contributed by atoms with van der Waals surface area (Å²) in [7, 11) is 1.27. The van der Waals surface area contributed by atoms with Crippen molar-refractivity contribution in [2.75, 3.05) is 26.9 Å². The largest absolute Gasteiger partial charge is 0.490 e. The average Bonchev–Trinajstić information content (AvgIpc) is 3.26. The van der Waals surface area contributed by atoms with Crippen molar-refractivity contribution in [1.29, 1.82) is 0 Å². The number of aliphatic hydroxyl groups excluding tert-OH is 1. The number of allylic oxidation sites excluding steroid dienone is 1. The zero-order valence-corrected chi connectivity index (χ0v) is 25.3. The summed E-state index contributed by atoms with van der Waals surface area (Å²) in [5.41, 5.74) is 6.37. The number of fused-ring (bicyclic) bond motifs is 1. The molecule has 4 rings (SSSR count). The molecule has 2 atom stereocenters. The second-order valence-electron chi connectivity index (χ2n) is 9.82. The molecule has 2 amide bonds. The summed E-state index contributed by atoms with van der Waals surface area (Å²) in [5, 5.41) is 21.0. The molecule has 1 aromatic heterocycles. The molecule has 13 heteroatoms. The summed E-state index contributed by atoms with van der Waals surface area (Å²) in [6.45, 7) is 7.61. The maximum atomic E-state index is 12.5. The SMILES string of the molecule is CCOC(=O)Cn1c(C)c(/C=N/N[C@H](O)COc2ccc([C@H]3NC(=O)NC(C)=C3C(=O)OC)cc2OCC)c2ccccc21. The smallest absolute Gasteiger partial charge is 0.337 e. The number of aromatic nitrogens is 1. The Labute approximate surface area is 254 Å². The van der Waals surface area contributed by atoms with Crippen LogP contribution in [0.15, 0.2) is 58.8 Å². The maximum absolute atomic E-state index is 12.5. The molecule has 0 bridgehead atoms. The number of carbonyl (C=O) groups is 3. The van der Waals surface area contributed by atoms with Gasteiger partial charge in [-0.1, -0.05) is 24.3 Å². The van der Waals surface area contributed by atoms with Gasteiger partial charge in [0.1, 0.15) is 13.2 Å². The summed E-state index contributed by atoms with van der Waals surface area (Å²) < 4.78 is 23.5. The molecule has 2 aromatic carbocycles. The summed E-state index contributed by atoms with van der Waals surface area (Å²) in [6.07, 6.45) is 0.416. The maximum Gasteiger partial charge on any atom is 0.337 e. The fourth-order valence-corrected chi connectivity index (χ4v) is 4.97. The quantitative estimate of drug-likeness (QED) is 0.0991. The highest BCUT2D eigenvalue weighted by Crippen LogP contribution is 2.35. The summed E-state index contributed by atoms with van der Waals surface area (Å²) in [6, 6.07) is 11.4. The van der Waals surface area contributed by atoms with Gasteiger partial charge in [-0.25, -0.2) is 9.59 Å². The predicted octanol–water partition coefficient (Wildman–Crippen LogP) is 3.03. The molecule has 0 radical (unpaired) electrons. The number of nitrogens with zero attached hydrogens (tertiary/aromatic N) is 2. The van der Waals surface area contributed by atoms with Crippen LogP contribution in [-0.2, 0) is 25.6 Å². The van der Waals surface area contributed by atoms with E-state index in [1.807, 2.05) is 42.7 Å². The minimum atomic E-state index is -1.17. The van der Waals surface area contributed by atoms with Crippen molar-refractivity contribution < 1.29 is 38.4 Å². The Morgan fingerprint density at radius 2 is 1.89 bits per heavy atom. The zero-order chi connectivity index (χ0) is 31.8. The molecular formula is C31H37N5O8. The van der Waals surface area contributed by atoms with Gasteiger partial charge in [0.05, 0.1) is 38.2 Å². The van der Waals surface area contributed by atoms with E-state index in [-0.39, 0.29) is 24.7 Å². The number of nitrogens with one attached hydrogen (secondary N) is 3. The fraction of sp³-hybridized carbons (Fsp3) is 0.355. The Morgan fingerprint density at radius 1 is 1.11 bits per heavy atom. The molecule has 0 saturated heterocycles. The highest BCUT2D eigenvalue weighted by Gasteiger charge is 2.32. The summed E-state index contributed by atoms with van der Waals surface area (Å²) in [4.78, 5) is 36.8. The number of carbonyl (C=O) groups excluding carboxylic acids is 3. The number of hydrogen-bond donors (Lipinski definition) is 4. The number of rotatable bonds is 13. The Bertz CT molecular complexity index is 1600. The van der Waals surface area contributed by atoms with Gasteiger partial charge in [-0.15, -0.1) is 0 Å². The minimum Gasteiger partial charge on any atom is -0.490 e. The van der Waals surface area contributed by atoms with Crippen LogP contribution >= 0.6 is 0 Å². The Kier molecular flexibility index (Phi) is 10.5. The molecule has 13 nitrogen and oxygen atoms in total. The van der Waals surface area contributed by atoms with Crippen molar-refractivity contribution in [2.24, 2.45) is 5.10 Å². The fourth-order valence-electron chi connectivity index (χ4n) is 4.97. The van der Waals surface area contributed by atoms with Gasteiger partial charge >= 0.3 is 18.0 Å². The number of methoxy groups -OCH3 is 1. The van der Waals surface area contributed by atoms with E-state index < -0.39 is 24.3 Å². The topological polar surface area (TPSA) is 162 Å². The van der Waals surface area contributed by atoms with Crippen molar-refractivity contribution in [2.45, 2.75) is 46.5 Å². The molecule has 1 aliphatic heterocycles. The number of ether oxygens (including phenoxy) is 4. The third kappa shape index (κ3) is 7.11. The molecule has 0 saturated carbocycles. The molecule has 0 unspecified atom stereocenters. The number of para-hydroxylation sites is 1. The van der Waals surface area contributed by atoms with Gasteiger partial charge in [0.2, 0.25) is 0 Å². The standard InChI is InChI=1S/C31H37N5O8/c1-6-42-25-14-20(29-28(30(39)41-5)18(3)33-31(40)34-29)12-13-24(25)44-17-26(37)35-32-15-22-19(4)36(16-27(38)43-7-2)23-11-9-8-10-21(22)23/h8-15,26,29,35,37H,6-7,16-17H2,1-5H3,(H2,33,34,40)/b32-15+/t26-,29-/m1/s1. The second kappa shape index (κ2) is 14.4. The van der Waals surface area contributed by atoms with E-state index in [1.165, 1.54) is 7.11 Å². The average molecular weight is 608 g/mol. The second-order valence-corrected chi connectivity index (χ2v) is 9.82. The Morgan fingerprint density at radius 3 is 2.61 bits per heavy atom. The Hall–Kier alpha value is -5.04. The molecule has 4 N–H and O–H groups in total. The van der Waals surface area contributed by atoms with Crippen LogP contribution in [-0.4, -0.2) is 67.0 Å².